The number of nitrogens with zero attached hydrogens (tertiary/aromatic N) is 1. The molecule has 0 radical (unpaired) electrons. The number of carbonyl (C=O) groups excluding carboxylic acids is 2. The van der Waals surface area contributed by atoms with E-state index in [0.717, 1.165) is 23.3 Å². The lowest BCUT2D eigenvalue weighted by atomic mass is 10.1. The van der Waals surface area contributed by atoms with Crippen LogP contribution >= 0.6 is 0 Å². The molecule has 3 aromatic rings. The van der Waals surface area contributed by atoms with E-state index in [4.69, 9.17) is 0 Å². The number of amides is 2. The predicted octanol–water partition coefficient (Wildman–Crippen LogP) is 4.48. The Kier molecular flexibility index (Phi) is 5.44. The van der Waals surface area contributed by atoms with Gasteiger partial charge in [0, 0.05) is 24.1 Å². The number of para-hydroxylation sites is 1. The monoisotopic (exact) mass is 381 g/mol. The van der Waals surface area contributed by atoms with Crippen LogP contribution in [0.15, 0.2) is 54.9 Å². The van der Waals surface area contributed by atoms with Crippen LogP contribution in [0.5, 0.6) is 0 Å². The molecule has 1 aromatic heterocycles. The van der Waals surface area contributed by atoms with Crippen LogP contribution in [0.1, 0.15) is 31.8 Å². The molecule has 2 amide bonds. The van der Waals surface area contributed by atoms with Crippen molar-refractivity contribution in [1.29, 1.82) is 0 Å². The number of halogens is 2. The highest BCUT2D eigenvalue weighted by molar-refractivity contribution is 6.08. The largest absolute Gasteiger partial charge is 0.321 e. The van der Waals surface area contributed by atoms with Gasteiger partial charge >= 0.3 is 0 Å². The normalized spacial score (nSPS) is 10.4. The molecule has 2 aromatic carbocycles. The number of benzene rings is 2. The third kappa shape index (κ3) is 4.20. The lowest BCUT2D eigenvalue weighted by Gasteiger charge is -2.12. The van der Waals surface area contributed by atoms with Crippen LogP contribution in [0, 0.1) is 25.5 Å². The molecule has 0 fully saturated rings. The molecule has 28 heavy (non-hydrogen) atoms. The van der Waals surface area contributed by atoms with Crippen molar-refractivity contribution in [1.82, 2.24) is 4.98 Å². The fourth-order valence-corrected chi connectivity index (χ4v) is 2.67. The van der Waals surface area contributed by atoms with Crippen LogP contribution < -0.4 is 10.6 Å². The van der Waals surface area contributed by atoms with Gasteiger partial charge in [0.2, 0.25) is 0 Å². The van der Waals surface area contributed by atoms with Gasteiger partial charge in [0.15, 0.2) is 0 Å². The van der Waals surface area contributed by atoms with Crippen molar-refractivity contribution in [2.45, 2.75) is 13.8 Å². The second-order valence-corrected chi connectivity index (χ2v) is 6.26. The fraction of sp³-hybridized carbons (Fsp3) is 0.0952. The van der Waals surface area contributed by atoms with E-state index in [9.17, 15) is 18.4 Å². The van der Waals surface area contributed by atoms with E-state index in [-0.39, 0.29) is 16.8 Å². The van der Waals surface area contributed by atoms with Gasteiger partial charge in [-0.05, 0) is 43.2 Å². The summed E-state index contributed by atoms with van der Waals surface area (Å²) in [7, 11) is 0. The standard InChI is InChI=1S/C21H17F2N3O2/c1-12-4-3-5-13(2)19(12)26-21(28)15-8-14(10-24-11-15)20(27)25-18-7-6-16(22)9-17(18)23/h3-11H,1-2H3,(H,25,27)(H,26,28). The van der Waals surface area contributed by atoms with E-state index >= 15 is 0 Å². The van der Waals surface area contributed by atoms with Gasteiger partial charge in [-0.2, -0.15) is 0 Å². The maximum Gasteiger partial charge on any atom is 0.257 e. The number of rotatable bonds is 4. The lowest BCUT2D eigenvalue weighted by Crippen LogP contribution is -2.17. The van der Waals surface area contributed by atoms with Gasteiger partial charge in [-0.3, -0.25) is 14.6 Å². The first kappa shape index (κ1) is 19.2. The van der Waals surface area contributed by atoms with Crippen molar-refractivity contribution in [3.63, 3.8) is 0 Å². The molecule has 0 bridgehead atoms. The molecule has 7 heteroatoms. The molecule has 0 saturated heterocycles. The van der Waals surface area contributed by atoms with E-state index in [0.29, 0.717) is 11.8 Å². The molecule has 5 nitrogen and oxygen atoms in total. The van der Waals surface area contributed by atoms with Crippen LogP contribution in [0.4, 0.5) is 20.2 Å². The zero-order chi connectivity index (χ0) is 20.3. The van der Waals surface area contributed by atoms with Crippen molar-refractivity contribution >= 4 is 23.2 Å². The SMILES string of the molecule is Cc1cccc(C)c1NC(=O)c1cncc(C(=O)Nc2ccc(F)cc2F)c1. The molecular weight excluding hydrogens is 364 g/mol. The molecule has 0 aliphatic rings. The van der Waals surface area contributed by atoms with Crippen LogP contribution in [0.25, 0.3) is 0 Å². The number of aromatic nitrogens is 1. The molecule has 0 aliphatic heterocycles. The van der Waals surface area contributed by atoms with Crippen LogP contribution in [-0.2, 0) is 0 Å². The quantitative estimate of drug-likeness (QED) is 0.700. The second kappa shape index (κ2) is 7.96. The number of hydrogen-bond acceptors (Lipinski definition) is 3. The minimum atomic E-state index is -0.898. The summed E-state index contributed by atoms with van der Waals surface area (Å²) in [4.78, 5) is 28.8. The number of pyridine rings is 1. The average Bonchev–Trinajstić information content (AvgIpc) is 2.67. The lowest BCUT2D eigenvalue weighted by molar-refractivity contribution is 0.102. The van der Waals surface area contributed by atoms with Gasteiger partial charge in [-0.15, -0.1) is 0 Å². The number of hydrogen-bond donors (Lipinski definition) is 2. The maximum absolute atomic E-state index is 13.7. The van der Waals surface area contributed by atoms with Crippen molar-refractivity contribution in [3.8, 4) is 0 Å². The van der Waals surface area contributed by atoms with Crippen molar-refractivity contribution in [3.05, 3.63) is 88.7 Å². The molecule has 2 N–H and O–H groups in total. The number of nitrogens with one attached hydrogen (secondary N) is 2. The van der Waals surface area contributed by atoms with Crippen LogP contribution in [0.2, 0.25) is 0 Å². The first-order valence-corrected chi connectivity index (χ1v) is 8.44. The van der Waals surface area contributed by atoms with E-state index in [1.165, 1.54) is 18.5 Å². The Morgan fingerprint density at radius 3 is 2.07 bits per heavy atom. The number of carbonyl (C=O) groups is 2. The highest BCUT2D eigenvalue weighted by Gasteiger charge is 2.15. The topological polar surface area (TPSA) is 71.1 Å². The van der Waals surface area contributed by atoms with Gasteiger partial charge in [-0.1, -0.05) is 18.2 Å². The molecule has 142 valence electrons. The maximum atomic E-state index is 13.7. The van der Waals surface area contributed by atoms with Crippen molar-refractivity contribution in [2.75, 3.05) is 10.6 Å². The van der Waals surface area contributed by atoms with Crippen molar-refractivity contribution in [2.24, 2.45) is 0 Å². The Labute approximate surface area is 160 Å². The number of anilines is 2. The summed E-state index contributed by atoms with van der Waals surface area (Å²) in [6, 6.07) is 9.82. The van der Waals surface area contributed by atoms with Gasteiger partial charge < -0.3 is 10.6 Å². The van der Waals surface area contributed by atoms with E-state index in [2.05, 4.69) is 15.6 Å². The van der Waals surface area contributed by atoms with Crippen molar-refractivity contribution < 1.29 is 18.4 Å². The highest BCUT2D eigenvalue weighted by Crippen LogP contribution is 2.21. The summed E-state index contributed by atoms with van der Waals surface area (Å²) < 4.78 is 26.7. The molecule has 1 heterocycles. The fourth-order valence-electron chi connectivity index (χ4n) is 2.67. The minimum absolute atomic E-state index is 0.0675. The van der Waals surface area contributed by atoms with Gasteiger partial charge in [-0.25, -0.2) is 8.78 Å². The first-order valence-electron chi connectivity index (χ1n) is 8.44. The Morgan fingerprint density at radius 1 is 0.857 bits per heavy atom. The van der Waals surface area contributed by atoms with Crippen LogP contribution in [-0.4, -0.2) is 16.8 Å². The summed E-state index contributed by atoms with van der Waals surface area (Å²) in [6.45, 7) is 3.75. The zero-order valence-electron chi connectivity index (χ0n) is 15.2. The Balaban J connectivity index is 1.79. The molecular formula is C21H17F2N3O2. The minimum Gasteiger partial charge on any atom is -0.321 e. The first-order chi connectivity index (χ1) is 13.3. The average molecular weight is 381 g/mol. The second-order valence-electron chi connectivity index (χ2n) is 6.26. The third-order valence-corrected chi connectivity index (χ3v) is 4.16. The molecule has 0 atom stereocenters. The smallest absolute Gasteiger partial charge is 0.257 e. The van der Waals surface area contributed by atoms with Crippen LogP contribution in [0.3, 0.4) is 0 Å². The third-order valence-electron chi connectivity index (χ3n) is 4.16. The van der Waals surface area contributed by atoms with E-state index in [1.54, 1.807) is 0 Å². The van der Waals surface area contributed by atoms with E-state index < -0.39 is 23.4 Å². The summed E-state index contributed by atoms with van der Waals surface area (Å²) in [5.41, 5.74) is 2.57. The van der Waals surface area contributed by atoms with E-state index in [1.807, 2.05) is 32.0 Å². The molecule has 0 spiro atoms. The van der Waals surface area contributed by atoms with Gasteiger partial charge in [0.05, 0.1) is 16.8 Å². The Bertz CT molecular complexity index is 1050. The summed E-state index contributed by atoms with van der Waals surface area (Å²) in [5.74, 6) is -2.74. The summed E-state index contributed by atoms with van der Waals surface area (Å²) in [5, 5.41) is 5.15. The highest BCUT2D eigenvalue weighted by atomic mass is 19.1. The molecule has 3 rings (SSSR count). The molecule has 0 aliphatic carbocycles. The summed E-state index contributed by atoms with van der Waals surface area (Å²) in [6.07, 6.45) is 2.59. The predicted molar refractivity (Wildman–Crippen MR) is 102 cm³/mol. The Hall–Kier alpha value is -3.61. The van der Waals surface area contributed by atoms with Gasteiger partial charge in [0.1, 0.15) is 11.6 Å². The molecule has 0 unspecified atom stereocenters. The molecule has 0 saturated carbocycles. The van der Waals surface area contributed by atoms with Gasteiger partial charge in [0.25, 0.3) is 11.8 Å². The zero-order valence-corrected chi connectivity index (χ0v) is 15.2. The summed E-state index contributed by atoms with van der Waals surface area (Å²) >= 11 is 0. The Morgan fingerprint density at radius 2 is 1.46 bits per heavy atom. The number of aryl methyl sites for hydroxylation is 2.